The van der Waals surface area contributed by atoms with Gasteiger partial charge in [-0.3, -0.25) is 19.4 Å². The number of morpholine rings is 1. The van der Waals surface area contributed by atoms with E-state index in [1.807, 2.05) is 9.80 Å². The lowest BCUT2D eigenvalue weighted by molar-refractivity contribution is -0.141. The third-order valence-electron chi connectivity index (χ3n) is 5.19. The van der Waals surface area contributed by atoms with Gasteiger partial charge < -0.3 is 14.7 Å². The fourth-order valence-corrected chi connectivity index (χ4v) is 5.90. The number of amides is 1. The lowest BCUT2D eigenvalue weighted by atomic mass is 10.0. The third-order valence-corrected chi connectivity index (χ3v) is 6.89. The van der Waals surface area contributed by atoms with E-state index in [1.54, 1.807) is 4.90 Å². The molecule has 25 heavy (non-hydrogen) atoms. The molecule has 0 aromatic carbocycles. The van der Waals surface area contributed by atoms with Crippen molar-refractivity contribution in [1.29, 1.82) is 0 Å². The van der Waals surface area contributed by atoms with Crippen LogP contribution >= 0.6 is 0 Å². The smallest absolute Gasteiger partial charge is 0.304 e. The van der Waals surface area contributed by atoms with Gasteiger partial charge in [-0.05, 0) is 0 Å². The molecule has 3 aliphatic rings. The molecule has 3 saturated heterocycles. The first-order valence-electron chi connectivity index (χ1n) is 8.61. The Bertz CT molecular complexity index is 619. The molecule has 0 aromatic rings. The van der Waals surface area contributed by atoms with E-state index in [0.29, 0.717) is 45.9 Å². The van der Waals surface area contributed by atoms with Crippen molar-refractivity contribution in [3.05, 3.63) is 0 Å². The maximum atomic E-state index is 12.7. The number of ether oxygens (including phenoxy) is 1. The van der Waals surface area contributed by atoms with E-state index >= 15 is 0 Å². The highest BCUT2D eigenvalue weighted by molar-refractivity contribution is 7.91. The molecule has 0 aromatic heterocycles. The van der Waals surface area contributed by atoms with Crippen LogP contribution in [-0.4, -0.2) is 116 Å². The Labute approximate surface area is 147 Å². The predicted molar refractivity (Wildman–Crippen MR) is 89.0 cm³/mol. The van der Waals surface area contributed by atoms with Gasteiger partial charge in [0.15, 0.2) is 9.84 Å². The molecular weight excluding hydrogens is 350 g/mol. The number of carbonyl (C=O) groups is 2. The average molecular weight is 375 g/mol. The van der Waals surface area contributed by atoms with E-state index in [4.69, 9.17) is 9.84 Å². The maximum Gasteiger partial charge on any atom is 0.304 e. The zero-order chi connectivity index (χ0) is 18.0. The van der Waals surface area contributed by atoms with Crippen LogP contribution in [0.4, 0.5) is 0 Å². The number of hydrogen-bond acceptors (Lipinski definition) is 7. The number of fused-ring (bicyclic) bond motifs is 1. The van der Waals surface area contributed by atoms with E-state index < -0.39 is 15.8 Å². The van der Waals surface area contributed by atoms with Crippen LogP contribution in [0.1, 0.15) is 6.42 Å². The molecule has 2 atom stereocenters. The lowest BCUT2D eigenvalue weighted by Crippen LogP contribution is -2.62. The van der Waals surface area contributed by atoms with Crippen LogP contribution in [0.3, 0.4) is 0 Å². The van der Waals surface area contributed by atoms with Crippen LogP contribution in [0.15, 0.2) is 0 Å². The van der Waals surface area contributed by atoms with E-state index in [1.165, 1.54) is 0 Å². The molecule has 3 fully saturated rings. The van der Waals surface area contributed by atoms with E-state index in [-0.39, 0.29) is 42.5 Å². The second-order valence-corrected chi connectivity index (χ2v) is 9.02. The molecule has 0 saturated carbocycles. The van der Waals surface area contributed by atoms with Crippen molar-refractivity contribution in [1.82, 2.24) is 14.7 Å². The highest BCUT2D eigenvalue weighted by Crippen LogP contribution is 2.27. The molecule has 9 nitrogen and oxygen atoms in total. The van der Waals surface area contributed by atoms with Crippen molar-refractivity contribution >= 4 is 21.7 Å². The summed E-state index contributed by atoms with van der Waals surface area (Å²) in [5, 5.41) is 8.88. The van der Waals surface area contributed by atoms with Gasteiger partial charge >= 0.3 is 5.97 Å². The van der Waals surface area contributed by atoms with Crippen LogP contribution in [-0.2, 0) is 24.2 Å². The van der Waals surface area contributed by atoms with Gasteiger partial charge in [-0.2, -0.15) is 0 Å². The number of carboxylic acids is 1. The van der Waals surface area contributed by atoms with Crippen LogP contribution < -0.4 is 0 Å². The Kier molecular flexibility index (Phi) is 5.62. The summed E-state index contributed by atoms with van der Waals surface area (Å²) in [7, 11) is -3.22. The van der Waals surface area contributed by atoms with Gasteiger partial charge in [0.2, 0.25) is 5.91 Å². The summed E-state index contributed by atoms with van der Waals surface area (Å²) >= 11 is 0. The van der Waals surface area contributed by atoms with Crippen molar-refractivity contribution in [3.63, 3.8) is 0 Å². The quantitative estimate of drug-likeness (QED) is 0.594. The molecule has 3 heterocycles. The molecular formula is C15H25N3O6S. The number of rotatable bonds is 5. The first kappa shape index (κ1) is 18.6. The summed E-state index contributed by atoms with van der Waals surface area (Å²) in [5.41, 5.74) is 0. The molecule has 10 heteroatoms. The van der Waals surface area contributed by atoms with Gasteiger partial charge in [0, 0.05) is 38.8 Å². The average Bonchev–Trinajstić information content (AvgIpc) is 2.88. The third kappa shape index (κ3) is 4.49. The summed E-state index contributed by atoms with van der Waals surface area (Å²) in [6, 6.07) is -0.673. The number of piperazine rings is 1. The van der Waals surface area contributed by atoms with Crippen LogP contribution in [0.5, 0.6) is 0 Å². The molecule has 0 aliphatic carbocycles. The largest absolute Gasteiger partial charge is 0.481 e. The number of sulfone groups is 1. The predicted octanol–water partition coefficient (Wildman–Crippen LogP) is -1.90. The van der Waals surface area contributed by atoms with Crippen molar-refractivity contribution in [3.8, 4) is 0 Å². The minimum Gasteiger partial charge on any atom is -0.481 e. The standard InChI is InChI=1S/C15H25N3O6S/c19-14(9-16-5-7-24-8-6-16)18-4-3-17(2-1-15(20)21)12-10-25(22,23)11-13(12)18/h12-13H,1-11H2,(H,20,21)/t12-,13+/m1/s1. The molecule has 1 amide bonds. The highest BCUT2D eigenvalue weighted by Gasteiger charge is 2.47. The molecule has 0 unspecified atom stereocenters. The first-order valence-corrected chi connectivity index (χ1v) is 10.4. The monoisotopic (exact) mass is 375 g/mol. The van der Waals surface area contributed by atoms with Gasteiger partial charge in [-0.1, -0.05) is 0 Å². The first-order chi connectivity index (χ1) is 11.9. The topological polar surface area (TPSA) is 107 Å². The van der Waals surface area contributed by atoms with Gasteiger partial charge in [0.05, 0.1) is 43.7 Å². The molecule has 142 valence electrons. The molecule has 0 bridgehead atoms. The van der Waals surface area contributed by atoms with Gasteiger partial charge in [-0.15, -0.1) is 0 Å². The number of nitrogens with zero attached hydrogens (tertiary/aromatic N) is 3. The fourth-order valence-electron chi connectivity index (χ4n) is 3.89. The number of carbonyl (C=O) groups excluding carboxylic acids is 1. The number of aliphatic carboxylic acids is 1. The van der Waals surface area contributed by atoms with E-state index in [0.717, 1.165) is 0 Å². The van der Waals surface area contributed by atoms with Crippen LogP contribution in [0, 0.1) is 0 Å². The minimum absolute atomic E-state index is 0.00137. The second kappa shape index (κ2) is 7.56. The highest BCUT2D eigenvalue weighted by atomic mass is 32.2. The SMILES string of the molecule is O=C(O)CCN1CCN(C(=O)CN2CCOCC2)[C@H]2CS(=O)(=O)C[C@H]21. The van der Waals surface area contributed by atoms with Crippen molar-refractivity contribution in [2.45, 2.75) is 18.5 Å². The maximum absolute atomic E-state index is 12.7. The molecule has 3 aliphatic heterocycles. The summed E-state index contributed by atoms with van der Waals surface area (Å²) in [4.78, 5) is 29.2. The zero-order valence-electron chi connectivity index (χ0n) is 14.2. The zero-order valence-corrected chi connectivity index (χ0v) is 15.0. The lowest BCUT2D eigenvalue weighted by Gasteiger charge is -2.44. The Morgan fingerprint density at radius 3 is 2.40 bits per heavy atom. The minimum atomic E-state index is -3.22. The van der Waals surface area contributed by atoms with Crippen molar-refractivity contribution < 1.29 is 27.9 Å². The van der Waals surface area contributed by atoms with Crippen molar-refractivity contribution in [2.75, 3.05) is 64.0 Å². The van der Waals surface area contributed by atoms with Crippen molar-refractivity contribution in [2.24, 2.45) is 0 Å². The Hall–Kier alpha value is -1.23. The Morgan fingerprint density at radius 2 is 1.72 bits per heavy atom. The molecule has 0 spiro atoms. The summed E-state index contributed by atoms with van der Waals surface area (Å²) in [6.45, 7) is 4.18. The molecule has 1 N–H and O–H groups in total. The summed E-state index contributed by atoms with van der Waals surface area (Å²) in [6.07, 6.45) is -0.0228. The van der Waals surface area contributed by atoms with Crippen LogP contribution in [0.25, 0.3) is 0 Å². The van der Waals surface area contributed by atoms with Gasteiger partial charge in [-0.25, -0.2) is 8.42 Å². The Balaban J connectivity index is 1.67. The normalized spacial score (nSPS) is 30.2. The second-order valence-electron chi connectivity index (χ2n) is 6.87. The number of carboxylic acid groups (broad SMARTS) is 1. The van der Waals surface area contributed by atoms with Crippen LogP contribution in [0.2, 0.25) is 0 Å². The van der Waals surface area contributed by atoms with Gasteiger partial charge in [0.1, 0.15) is 0 Å². The van der Waals surface area contributed by atoms with E-state index in [9.17, 15) is 18.0 Å². The Morgan fingerprint density at radius 1 is 1.04 bits per heavy atom. The molecule has 0 radical (unpaired) electrons. The van der Waals surface area contributed by atoms with E-state index in [2.05, 4.69) is 0 Å². The number of hydrogen-bond donors (Lipinski definition) is 1. The van der Waals surface area contributed by atoms with Gasteiger partial charge in [0.25, 0.3) is 0 Å². The summed E-state index contributed by atoms with van der Waals surface area (Å²) < 4.78 is 29.5. The molecule has 3 rings (SSSR count). The summed E-state index contributed by atoms with van der Waals surface area (Å²) in [5.74, 6) is -0.982. The fraction of sp³-hybridized carbons (Fsp3) is 0.867.